The number of carbonyl (C=O) groups is 1. The average molecular weight is 723 g/mol. The molecule has 3 aromatic rings. The van der Waals surface area contributed by atoms with E-state index >= 15 is 0 Å². The van der Waals surface area contributed by atoms with Crippen LogP contribution in [0.1, 0.15) is 92.5 Å². The largest absolute Gasteiger partial charge is 0.413 e. The topological polar surface area (TPSA) is 154 Å². The standard InChI is InChI=1S/C33H47ClN4O6S2Si/c1-19(2)47(20(3)4,21(5)6)44-29-14-26(12-23(29)17-43-46(35,41)42)38-32-27(16-36-18-37-32)31(39)30-15-28(22(7)45-30)33(8,40)24-10-9-11-25(34)13-24/h9-11,13,15-16,18-21,23,26,29,40H,12,14,17H2,1-8H3,(H2,35,41,42)(H,36,37,38)/t23-,26-,29+,33?/m1/s1. The van der Waals surface area contributed by atoms with E-state index in [9.17, 15) is 18.3 Å². The molecule has 1 aliphatic rings. The van der Waals surface area contributed by atoms with Crippen molar-refractivity contribution < 1.29 is 26.9 Å². The van der Waals surface area contributed by atoms with Gasteiger partial charge in [0.25, 0.3) is 0 Å². The fraction of sp³-hybridized carbons (Fsp3) is 0.545. The van der Waals surface area contributed by atoms with Crippen LogP contribution in [0.5, 0.6) is 0 Å². The van der Waals surface area contributed by atoms with Crippen molar-refractivity contribution in [2.24, 2.45) is 11.1 Å². The molecule has 0 bridgehead atoms. The number of benzene rings is 1. The van der Waals surface area contributed by atoms with E-state index in [4.69, 9.17) is 25.3 Å². The summed E-state index contributed by atoms with van der Waals surface area (Å²) in [5.74, 6) is -0.151. The minimum atomic E-state index is -4.14. The fourth-order valence-corrected chi connectivity index (χ4v) is 14.6. The van der Waals surface area contributed by atoms with Crippen molar-refractivity contribution in [2.45, 2.75) is 103 Å². The summed E-state index contributed by atoms with van der Waals surface area (Å²) in [4.78, 5) is 23.8. The second-order valence-corrected chi connectivity index (χ2v) is 21.9. The number of ketones is 1. The van der Waals surface area contributed by atoms with Gasteiger partial charge in [-0.1, -0.05) is 65.3 Å². The van der Waals surface area contributed by atoms with Crippen molar-refractivity contribution in [3.05, 3.63) is 74.3 Å². The average Bonchev–Trinajstić information content (AvgIpc) is 3.56. The summed E-state index contributed by atoms with van der Waals surface area (Å²) in [5.41, 5.74) is 1.15. The van der Waals surface area contributed by atoms with Crippen LogP contribution in [-0.4, -0.2) is 56.3 Å². The molecule has 0 spiro atoms. The number of thiophene rings is 1. The third-order valence-corrected chi connectivity index (χ3v) is 17.4. The Hall–Kier alpha value is -2.23. The Morgan fingerprint density at radius 3 is 2.43 bits per heavy atom. The van der Waals surface area contributed by atoms with Gasteiger partial charge >= 0.3 is 10.3 Å². The third-order valence-electron chi connectivity index (χ3n) is 9.49. The SMILES string of the molecule is Cc1sc(C(=O)c2cncnc2N[C@@H]2C[C@H](COS(N)(=O)=O)[C@@H](O[Si](C(C)C)(C(C)C)C(C)C)C2)cc1C(C)(O)c1cccc(Cl)c1. The van der Waals surface area contributed by atoms with Crippen LogP contribution in [-0.2, 0) is 24.5 Å². The van der Waals surface area contributed by atoms with E-state index in [1.54, 1.807) is 37.3 Å². The smallest absolute Gasteiger partial charge is 0.333 e. The van der Waals surface area contributed by atoms with Gasteiger partial charge in [-0.2, -0.15) is 8.42 Å². The molecule has 4 N–H and O–H groups in total. The predicted molar refractivity (Wildman–Crippen MR) is 190 cm³/mol. The lowest BCUT2D eigenvalue weighted by Gasteiger charge is -2.45. The van der Waals surface area contributed by atoms with Crippen molar-refractivity contribution in [1.82, 2.24) is 9.97 Å². The highest BCUT2D eigenvalue weighted by Crippen LogP contribution is 2.46. The Labute approximate surface area is 288 Å². The molecule has 1 aliphatic carbocycles. The van der Waals surface area contributed by atoms with Crippen LogP contribution in [0.3, 0.4) is 0 Å². The lowest BCUT2D eigenvalue weighted by molar-refractivity contribution is 0.101. The number of hydrogen-bond acceptors (Lipinski definition) is 10. The molecule has 1 unspecified atom stereocenters. The van der Waals surface area contributed by atoms with Gasteiger partial charge in [0.05, 0.1) is 23.2 Å². The van der Waals surface area contributed by atoms with Crippen LogP contribution in [0.15, 0.2) is 42.9 Å². The van der Waals surface area contributed by atoms with Gasteiger partial charge < -0.3 is 14.8 Å². The lowest BCUT2D eigenvalue weighted by atomic mass is 9.88. The highest BCUT2D eigenvalue weighted by Gasteiger charge is 2.49. The van der Waals surface area contributed by atoms with Gasteiger partial charge in [-0.15, -0.1) is 11.3 Å². The maximum absolute atomic E-state index is 13.9. The molecular formula is C33H47ClN4O6S2Si. The summed E-state index contributed by atoms with van der Waals surface area (Å²) < 4.78 is 35.7. The third kappa shape index (κ3) is 8.32. The van der Waals surface area contributed by atoms with Crippen LogP contribution in [0.2, 0.25) is 21.6 Å². The highest BCUT2D eigenvalue weighted by molar-refractivity contribution is 7.84. The first kappa shape index (κ1) is 37.6. The number of rotatable bonds is 14. The van der Waals surface area contributed by atoms with Gasteiger partial charge in [-0.25, -0.2) is 15.1 Å². The number of aromatic nitrogens is 2. The molecule has 47 heavy (non-hydrogen) atoms. The molecule has 258 valence electrons. The zero-order valence-electron chi connectivity index (χ0n) is 28.3. The van der Waals surface area contributed by atoms with E-state index in [0.29, 0.717) is 61.9 Å². The number of nitrogens with zero attached hydrogens (tertiary/aromatic N) is 2. The van der Waals surface area contributed by atoms with Gasteiger partial charge in [-0.05, 0) is 67.1 Å². The Balaban J connectivity index is 1.61. The quantitative estimate of drug-likeness (QED) is 0.118. The number of halogens is 1. The first-order valence-electron chi connectivity index (χ1n) is 15.9. The van der Waals surface area contributed by atoms with Gasteiger partial charge in [0, 0.05) is 33.6 Å². The van der Waals surface area contributed by atoms with Crippen LogP contribution >= 0.6 is 22.9 Å². The maximum Gasteiger partial charge on any atom is 0.333 e. The normalized spacial score (nSPS) is 20.3. The van der Waals surface area contributed by atoms with Crippen LogP contribution in [0, 0.1) is 12.8 Å². The van der Waals surface area contributed by atoms with E-state index in [2.05, 4.69) is 56.8 Å². The molecule has 1 fully saturated rings. The minimum Gasteiger partial charge on any atom is -0.413 e. The Morgan fingerprint density at radius 2 is 1.83 bits per heavy atom. The Morgan fingerprint density at radius 1 is 1.17 bits per heavy atom. The zero-order valence-corrected chi connectivity index (χ0v) is 31.7. The minimum absolute atomic E-state index is 0.0974. The van der Waals surface area contributed by atoms with E-state index in [-0.39, 0.29) is 30.5 Å². The van der Waals surface area contributed by atoms with E-state index < -0.39 is 24.2 Å². The molecule has 14 heteroatoms. The number of aliphatic hydroxyl groups is 1. The molecular weight excluding hydrogens is 676 g/mol. The molecule has 2 aromatic heterocycles. The highest BCUT2D eigenvalue weighted by atomic mass is 35.5. The Kier molecular flexibility index (Phi) is 11.8. The van der Waals surface area contributed by atoms with Crippen LogP contribution < -0.4 is 10.5 Å². The van der Waals surface area contributed by atoms with E-state index in [0.717, 1.165) is 4.88 Å². The van der Waals surface area contributed by atoms with Crippen molar-refractivity contribution in [3.63, 3.8) is 0 Å². The first-order chi connectivity index (χ1) is 21.9. The van der Waals surface area contributed by atoms with Crippen molar-refractivity contribution in [1.29, 1.82) is 0 Å². The van der Waals surface area contributed by atoms with E-state index in [1.807, 2.05) is 6.92 Å². The zero-order chi connectivity index (χ0) is 34.9. The number of nitrogens with one attached hydrogen (secondary N) is 1. The molecule has 0 amide bonds. The van der Waals surface area contributed by atoms with Gasteiger partial charge in [-0.3, -0.25) is 8.98 Å². The first-order valence-corrected chi connectivity index (χ1v) is 20.7. The van der Waals surface area contributed by atoms with Crippen molar-refractivity contribution in [2.75, 3.05) is 11.9 Å². The van der Waals surface area contributed by atoms with Gasteiger partial charge in [0.2, 0.25) is 14.1 Å². The summed E-state index contributed by atoms with van der Waals surface area (Å²) >= 11 is 7.49. The summed E-state index contributed by atoms with van der Waals surface area (Å²) in [7, 11) is -6.46. The second kappa shape index (κ2) is 14.7. The van der Waals surface area contributed by atoms with Crippen LogP contribution in [0.4, 0.5) is 5.82 Å². The molecule has 4 atom stereocenters. The number of aryl methyl sites for hydroxylation is 1. The Bertz CT molecular complexity index is 1660. The molecule has 2 heterocycles. The molecule has 1 aromatic carbocycles. The van der Waals surface area contributed by atoms with Crippen molar-refractivity contribution >= 4 is 53.2 Å². The van der Waals surface area contributed by atoms with E-state index in [1.165, 1.54) is 23.9 Å². The summed E-state index contributed by atoms with van der Waals surface area (Å²) in [5, 5.41) is 20.7. The predicted octanol–water partition coefficient (Wildman–Crippen LogP) is 6.96. The summed E-state index contributed by atoms with van der Waals surface area (Å²) in [6.45, 7) is 16.7. The summed E-state index contributed by atoms with van der Waals surface area (Å²) in [6.07, 6.45) is 3.70. The van der Waals surface area contributed by atoms with Gasteiger partial charge in [0.15, 0.2) is 0 Å². The molecule has 10 nitrogen and oxygen atoms in total. The van der Waals surface area contributed by atoms with Crippen LogP contribution in [0.25, 0.3) is 0 Å². The lowest BCUT2D eigenvalue weighted by Crippen LogP contribution is -2.51. The number of carbonyl (C=O) groups excluding carboxylic acids is 1. The molecule has 1 saturated carbocycles. The number of anilines is 1. The number of hydrogen-bond donors (Lipinski definition) is 3. The van der Waals surface area contributed by atoms with Gasteiger partial charge in [0.1, 0.15) is 17.7 Å². The fourth-order valence-electron chi connectivity index (χ4n) is 7.34. The molecule has 0 saturated heterocycles. The molecule has 0 aliphatic heterocycles. The number of nitrogens with two attached hydrogens (primary N) is 1. The second-order valence-electron chi connectivity index (χ2n) is 13.6. The monoisotopic (exact) mass is 722 g/mol. The summed E-state index contributed by atoms with van der Waals surface area (Å²) in [6, 6.07) is 8.56. The van der Waals surface area contributed by atoms with Crippen molar-refractivity contribution in [3.8, 4) is 0 Å². The molecule has 4 rings (SSSR count). The molecule has 0 radical (unpaired) electrons. The maximum atomic E-state index is 13.9.